The minimum atomic E-state index is -2.98. The monoisotopic (exact) mass is 241 g/mol. The standard InChI is InChI=1S/C11H15NO3S/c1-15-11-5-6-12-10-4-3-8(7-9(10)11)16(2,13)14/h5-6,8H,3-4,7H2,1-2H3. The zero-order valence-electron chi connectivity index (χ0n) is 9.43. The van der Waals surface area contributed by atoms with Crippen molar-refractivity contribution < 1.29 is 13.2 Å². The lowest BCUT2D eigenvalue weighted by Crippen LogP contribution is -2.28. The van der Waals surface area contributed by atoms with Crippen LogP contribution in [-0.2, 0) is 22.7 Å². The van der Waals surface area contributed by atoms with E-state index in [1.165, 1.54) is 6.26 Å². The molecule has 0 spiro atoms. The van der Waals surface area contributed by atoms with Gasteiger partial charge in [0.25, 0.3) is 0 Å². The van der Waals surface area contributed by atoms with Crippen molar-refractivity contribution in [3.05, 3.63) is 23.5 Å². The third-order valence-corrected chi connectivity index (χ3v) is 4.68. The van der Waals surface area contributed by atoms with Gasteiger partial charge in [0.2, 0.25) is 0 Å². The van der Waals surface area contributed by atoms with Crippen LogP contribution < -0.4 is 4.74 Å². The number of nitrogens with zero attached hydrogens (tertiary/aromatic N) is 1. The lowest BCUT2D eigenvalue weighted by molar-refractivity contribution is 0.404. The van der Waals surface area contributed by atoms with Crippen LogP contribution in [0.2, 0.25) is 0 Å². The smallest absolute Gasteiger partial charge is 0.150 e. The van der Waals surface area contributed by atoms with E-state index in [2.05, 4.69) is 4.98 Å². The summed E-state index contributed by atoms with van der Waals surface area (Å²) in [4.78, 5) is 4.27. The van der Waals surface area contributed by atoms with Crippen molar-refractivity contribution in [1.82, 2.24) is 4.98 Å². The van der Waals surface area contributed by atoms with Crippen molar-refractivity contribution in [3.63, 3.8) is 0 Å². The molecule has 1 aliphatic rings. The van der Waals surface area contributed by atoms with Gasteiger partial charge in [-0.3, -0.25) is 4.98 Å². The van der Waals surface area contributed by atoms with Gasteiger partial charge in [0.1, 0.15) is 5.75 Å². The van der Waals surface area contributed by atoms with Gasteiger partial charge in [0.15, 0.2) is 9.84 Å². The van der Waals surface area contributed by atoms with E-state index in [0.29, 0.717) is 19.3 Å². The summed E-state index contributed by atoms with van der Waals surface area (Å²) in [5.41, 5.74) is 1.92. The molecule has 16 heavy (non-hydrogen) atoms. The van der Waals surface area contributed by atoms with E-state index < -0.39 is 9.84 Å². The van der Waals surface area contributed by atoms with Crippen LogP contribution in [0.3, 0.4) is 0 Å². The van der Waals surface area contributed by atoms with Crippen molar-refractivity contribution in [2.24, 2.45) is 0 Å². The second-order valence-corrected chi connectivity index (χ2v) is 6.46. The maximum absolute atomic E-state index is 11.5. The first-order chi connectivity index (χ1) is 7.52. The minimum absolute atomic E-state index is 0.293. The number of fused-ring (bicyclic) bond motifs is 1. The van der Waals surface area contributed by atoms with Crippen LogP contribution in [0.1, 0.15) is 17.7 Å². The highest BCUT2D eigenvalue weighted by molar-refractivity contribution is 7.91. The number of rotatable bonds is 2. The molecule has 0 amide bonds. The highest BCUT2D eigenvalue weighted by atomic mass is 32.2. The molecule has 0 saturated heterocycles. The summed E-state index contributed by atoms with van der Waals surface area (Å²) in [5.74, 6) is 0.748. The number of sulfone groups is 1. The first kappa shape index (κ1) is 11.4. The molecule has 1 atom stereocenters. The normalized spacial score (nSPS) is 20.2. The van der Waals surface area contributed by atoms with E-state index >= 15 is 0 Å². The van der Waals surface area contributed by atoms with E-state index in [0.717, 1.165) is 17.0 Å². The quantitative estimate of drug-likeness (QED) is 0.775. The summed E-state index contributed by atoms with van der Waals surface area (Å²) in [6.07, 6.45) is 4.89. The Balaban J connectivity index is 2.39. The van der Waals surface area contributed by atoms with Crippen LogP contribution in [0, 0.1) is 0 Å². The molecule has 2 rings (SSSR count). The van der Waals surface area contributed by atoms with E-state index in [1.54, 1.807) is 19.4 Å². The molecule has 1 aliphatic carbocycles. The first-order valence-corrected chi connectivity index (χ1v) is 7.17. The number of hydrogen-bond acceptors (Lipinski definition) is 4. The summed E-state index contributed by atoms with van der Waals surface area (Å²) < 4.78 is 28.3. The SMILES string of the molecule is COc1ccnc2c1CC(S(C)(=O)=O)CC2. The average molecular weight is 241 g/mol. The van der Waals surface area contributed by atoms with Crippen molar-refractivity contribution in [2.75, 3.05) is 13.4 Å². The molecule has 0 aliphatic heterocycles. The molecule has 0 bridgehead atoms. The van der Waals surface area contributed by atoms with Gasteiger partial charge in [-0.25, -0.2) is 8.42 Å². The minimum Gasteiger partial charge on any atom is -0.496 e. The Hall–Kier alpha value is -1.10. The number of ether oxygens (including phenoxy) is 1. The third-order valence-electron chi connectivity index (χ3n) is 3.06. The molecule has 88 valence electrons. The number of aromatic nitrogens is 1. The summed E-state index contributed by atoms with van der Waals surface area (Å²) in [7, 11) is -1.38. The second-order valence-electron chi connectivity index (χ2n) is 4.13. The number of aryl methyl sites for hydroxylation is 1. The topological polar surface area (TPSA) is 56.3 Å². The van der Waals surface area contributed by atoms with Gasteiger partial charge >= 0.3 is 0 Å². The number of hydrogen-bond donors (Lipinski definition) is 0. The maximum Gasteiger partial charge on any atom is 0.150 e. The van der Waals surface area contributed by atoms with Crippen LogP contribution in [0.15, 0.2) is 12.3 Å². The van der Waals surface area contributed by atoms with Gasteiger partial charge < -0.3 is 4.74 Å². The molecule has 4 nitrogen and oxygen atoms in total. The van der Waals surface area contributed by atoms with Gasteiger partial charge in [0.05, 0.1) is 12.4 Å². The predicted octanol–water partition coefficient (Wildman–Crippen LogP) is 0.992. The molecule has 0 fully saturated rings. The highest BCUT2D eigenvalue weighted by Gasteiger charge is 2.28. The Morgan fingerprint density at radius 1 is 1.50 bits per heavy atom. The molecule has 1 aromatic rings. The van der Waals surface area contributed by atoms with Crippen molar-refractivity contribution >= 4 is 9.84 Å². The molecule has 0 N–H and O–H groups in total. The highest BCUT2D eigenvalue weighted by Crippen LogP contribution is 2.30. The van der Waals surface area contributed by atoms with Gasteiger partial charge in [-0.1, -0.05) is 0 Å². The van der Waals surface area contributed by atoms with E-state index in [-0.39, 0.29) is 5.25 Å². The molecule has 1 heterocycles. The Kier molecular flexibility index (Phi) is 2.88. The van der Waals surface area contributed by atoms with Gasteiger partial charge in [-0.05, 0) is 25.3 Å². The number of pyridine rings is 1. The zero-order valence-corrected chi connectivity index (χ0v) is 10.3. The summed E-state index contributed by atoms with van der Waals surface area (Å²) in [6, 6.07) is 1.78. The fourth-order valence-electron chi connectivity index (χ4n) is 2.13. The van der Waals surface area contributed by atoms with Crippen LogP contribution in [-0.4, -0.2) is 32.0 Å². The van der Waals surface area contributed by atoms with Gasteiger partial charge in [-0.2, -0.15) is 0 Å². The predicted molar refractivity (Wildman–Crippen MR) is 61.4 cm³/mol. The largest absolute Gasteiger partial charge is 0.496 e. The molecular weight excluding hydrogens is 226 g/mol. The van der Waals surface area contributed by atoms with Gasteiger partial charge in [-0.15, -0.1) is 0 Å². The zero-order chi connectivity index (χ0) is 11.8. The lowest BCUT2D eigenvalue weighted by Gasteiger charge is -2.23. The van der Waals surface area contributed by atoms with E-state index in [9.17, 15) is 8.42 Å². The van der Waals surface area contributed by atoms with E-state index in [4.69, 9.17) is 4.74 Å². The van der Waals surface area contributed by atoms with Gasteiger partial charge in [0, 0.05) is 23.7 Å². The Labute approximate surface area is 95.6 Å². The summed E-state index contributed by atoms with van der Waals surface area (Å²) >= 11 is 0. The Morgan fingerprint density at radius 2 is 2.25 bits per heavy atom. The fraction of sp³-hybridized carbons (Fsp3) is 0.545. The molecule has 1 unspecified atom stereocenters. The van der Waals surface area contributed by atoms with Crippen molar-refractivity contribution in [2.45, 2.75) is 24.5 Å². The molecular formula is C11H15NO3S. The van der Waals surface area contributed by atoms with Crippen LogP contribution in [0.4, 0.5) is 0 Å². The summed E-state index contributed by atoms with van der Waals surface area (Å²) in [6.45, 7) is 0. The Morgan fingerprint density at radius 3 is 2.88 bits per heavy atom. The average Bonchev–Trinajstić information content (AvgIpc) is 2.26. The second kappa shape index (κ2) is 4.05. The van der Waals surface area contributed by atoms with Crippen LogP contribution in [0.25, 0.3) is 0 Å². The Bertz CT molecular complexity index is 482. The third kappa shape index (κ3) is 2.04. The molecule has 0 aromatic carbocycles. The van der Waals surface area contributed by atoms with Crippen LogP contribution in [0.5, 0.6) is 5.75 Å². The molecule has 1 aromatic heterocycles. The maximum atomic E-state index is 11.5. The molecule has 0 radical (unpaired) electrons. The van der Waals surface area contributed by atoms with Crippen molar-refractivity contribution in [3.8, 4) is 5.75 Å². The lowest BCUT2D eigenvalue weighted by atomic mass is 9.95. The first-order valence-electron chi connectivity index (χ1n) is 5.22. The number of methoxy groups -OCH3 is 1. The van der Waals surface area contributed by atoms with Crippen molar-refractivity contribution in [1.29, 1.82) is 0 Å². The van der Waals surface area contributed by atoms with Crippen LogP contribution >= 0.6 is 0 Å². The van der Waals surface area contributed by atoms with E-state index in [1.807, 2.05) is 0 Å². The molecule has 0 saturated carbocycles. The molecule has 5 heteroatoms. The fourth-order valence-corrected chi connectivity index (χ4v) is 3.15. The summed E-state index contributed by atoms with van der Waals surface area (Å²) in [5, 5.41) is -0.293.